The van der Waals surface area contributed by atoms with Crippen molar-refractivity contribution >= 4 is 17.0 Å². The first-order chi connectivity index (χ1) is 6.86. The van der Waals surface area contributed by atoms with Crippen LogP contribution in [0.5, 0.6) is 0 Å². The molecule has 0 bridgehead atoms. The van der Waals surface area contributed by atoms with Gasteiger partial charge >= 0.3 is 0 Å². The van der Waals surface area contributed by atoms with Crippen molar-refractivity contribution in [1.29, 1.82) is 0 Å². The number of fused-ring (bicyclic) bond motifs is 1. The molecule has 6 nitrogen and oxygen atoms in total. The highest BCUT2D eigenvalue weighted by Gasteiger charge is 2.10. The average Bonchev–Trinajstić information content (AvgIpc) is 2.68. The number of anilines is 1. The van der Waals surface area contributed by atoms with Gasteiger partial charge in [0.15, 0.2) is 11.5 Å². The monoisotopic (exact) mass is 193 g/mol. The van der Waals surface area contributed by atoms with Crippen LogP contribution in [0.15, 0.2) is 12.7 Å². The van der Waals surface area contributed by atoms with Crippen LogP contribution in [-0.4, -0.2) is 38.3 Å². The van der Waals surface area contributed by atoms with Crippen LogP contribution in [0, 0.1) is 0 Å². The third kappa shape index (κ3) is 1.29. The lowest BCUT2D eigenvalue weighted by molar-refractivity contribution is 0.292. The van der Waals surface area contributed by atoms with Crippen molar-refractivity contribution in [2.45, 2.75) is 6.92 Å². The molecule has 0 amide bonds. The molecular formula is C8H11N5O. The second kappa shape index (κ2) is 3.59. The van der Waals surface area contributed by atoms with Crippen molar-refractivity contribution in [1.82, 2.24) is 19.9 Å². The molecule has 2 aromatic heterocycles. The Morgan fingerprint density at radius 3 is 3.00 bits per heavy atom. The molecule has 0 saturated heterocycles. The number of rotatable bonds is 3. The molecule has 0 spiro atoms. The van der Waals surface area contributed by atoms with Gasteiger partial charge in [0, 0.05) is 6.54 Å². The zero-order valence-electron chi connectivity index (χ0n) is 7.80. The van der Waals surface area contributed by atoms with Gasteiger partial charge in [0.25, 0.3) is 0 Å². The molecule has 14 heavy (non-hydrogen) atoms. The fourth-order valence-electron chi connectivity index (χ4n) is 1.31. The van der Waals surface area contributed by atoms with E-state index in [2.05, 4.69) is 19.9 Å². The summed E-state index contributed by atoms with van der Waals surface area (Å²) in [5, 5.41) is 9.11. The quantitative estimate of drug-likeness (QED) is 0.677. The van der Waals surface area contributed by atoms with Crippen LogP contribution in [0.3, 0.4) is 0 Å². The molecule has 0 fully saturated rings. The Morgan fingerprint density at radius 2 is 2.29 bits per heavy atom. The van der Waals surface area contributed by atoms with E-state index in [0.717, 1.165) is 5.52 Å². The first kappa shape index (κ1) is 8.89. The van der Waals surface area contributed by atoms with E-state index < -0.39 is 0 Å². The minimum absolute atomic E-state index is 0.0678. The Bertz CT molecular complexity index is 422. The minimum Gasteiger partial charge on any atom is -0.376 e. The molecule has 0 radical (unpaired) electrons. The van der Waals surface area contributed by atoms with Crippen molar-refractivity contribution in [3.05, 3.63) is 12.7 Å². The first-order valence-corrected chi connectivity index (χ1v) is 4.36. The summed E-state index contributed by atoms with van der Waals surface area (Å²) in [6, 6.07) is 0. The summed E-state index contributed by atoms with van der Waals surface area (Å²) in [5.41, 5.74) is 1.37. The number of aliphatic hydroxyl groups excluding tert-OH is 1. The zero-order chi connectivity index (χ0) is 9.97. The van der Waals surface area contributed by atoms with E-state index in [0.29, 0.717) is 18.0 Å². The Hall–Kier alpha value is -1.69. The molecule has 0 aliphatic heterocycles. The van der Waals surface area contributed by atoms with Crippen molar-refractivity contribution in [3.63, 3.8) is 0 Å². The van der Waals surface area contributed by atoms with Crippen LogP contribution >= 0.6 is 0 Å². The largest absolute Gasteiger partial charge is 0.376 e. The second-order valence-electron chi connectivity index (χ2n) is 2.80. The maximum atomic E-state index is 9.11. The normalized spacial score (nSPS) is 10.7. The maximum absolute atomic E-state index is 9.11. The summed E-state index contributed by atoms with van der Waals surface area (Å²) >= 11 is 0. The number of aromatic amines is 1. The van der Waals surface area contributed by atoms with Gasteiger partial charge in [0.2, 0.25) is 0 Å². The molecule has 6 heteroatoms. The van der Waals surface area contributed by atoms with Gasteiger partial charge in [0.05, 0.1) is 6.33 Å². The Balaban J connectivity index is 2.54. The Labute approximate surface area is 80.6 Å². The summed E-state index contributed by atoms with van der Waals surface area (Å²) in [5.74, 6) is 0.678. The van der Waals surface area contributed by atoms with E-state index in [1.165, 1.54) is 6.33 Å². The summed E-state index contributed by atoms with van der Waals surface area (Å²) < 4.78 is 0. The molecule has 0 saturated carbocycles. The van der Waals surface area contributed by atoms with Gasteiger partial charge in [-0.2, -0.15) is 0 Å². The highest BCUT2D eigenvalue weighted by atomic mass is 16.3. The van der Waals surface area contributed by atoms with E-state index in [4.69, 9.17) is 5.11 Å². The summed E-state index contributed by atoms with van der Waals surface area (Å²) in [6.07, 6.45) is 3.00. The van der Waals surface area contributed by atoms with E-state index >= 15 is 0 Å². The van der Waals surface area contributed by atoms with Crippen molar-refractivity contribution < 1.29 is 5.11 Å². The van der Waals surface area contributed by atoms with E-state index in [1.54, 1.807) is 11.2 Å². The van der Waals surface area contributed by atoms with Crippen LogP contribution in [0.2, 0.25) is 0 Å². The van der Waals surface area contributed by atoms with Gasteiger partial charge in [-0.05, 0) is 6.92 Å². The molecule has 2 rings (SSSR count). The number of nitrogens with one attached hydrogen (secondary N) is 1. The summed E-state index contributed by atoms with van der Waals surface area (Å²) in [4.78, 5) is 16.8. The molecule has 2 N–H and O–H groups in total. The van der Waals surface area contributed by atoms with E-state index in [-0.39, 0.29) is 6.73 Å². The number of aromatic nitrogens is 4. The number of H-pyrrole nitrogens is 1. The van der Waals surface area contributed by atoms with Crippen LogP contribution in [-0.2, 0) is 0 Å². The number of imidazole rings is 1. The lowest BCUT2D eigenvalue weighted by Gasteiger charge is -2.18. The predicted molar refractivity (Wildman–Crippen MR) is 51.8 cm³/mol. The van der Waals surface area contributed by atoms with Crippen LogP contribution in [0.1, 0.15) is 6.92 Å². The van der Waals surface area contributed by atoms with Gasteiger partial charge in [-0.1, -0.05) is 0 Å². The molecule has 0 atom stereocenters. The highest BCUT2D eigenvalue weighted by Crippen LogP contribution is 2.18. The second-order valence-corrected chi connectivity index (χ2v) is 2.80. The van der Waals surface area contributed by atoms with Gasteiger partial charge in [-0.25, -0.2) is 15.0 Å². The smallest absolute Gasteiger partial charge is 0.182 e. The van der Waals surface area contributed by atoms with Crippen LogP contribution < -0.4 is 4.90 Å². The molecule has 0 aliphatic carbocycles. The summed E-state index contributed by atoms with van der Waals surface area (Å²) in [6.45, 7) is 2.56. The fraction of sp³-hybridized carbons (Fsp3) is 0.375. The molecule has 0 aromatic carbocycles. The van der Waals surface area contributed by atoms with Crippen molar-refractivity contribution in [3.8, 4) is 0 Å². The molecule has 74 valence electrons. The van der Waals surface area contributed by atoms with Gasteiger partial charge in [-0.3, -0.25) is 0 Å². The standard InChI is InChI=1S/C8H11N5O/c1-2-13(5-14)8-6-7(10-3-9-6)11-4-12-8/h3-4,14H,2,5H2,1H3,(H,9,10,11,12). The third-order valence-corrected chi connectivity index (χ3v) is 2.05. The molecule has 2 heterocycles. The number of nitrogens with zero attached hydrogens (tertiary/aromatic N) is 4. The Kier molecular flexibility index (Phi) is 2.28. The highest BCUT2D eigenvalue weighted by molar-refractivity contribution is 5.82. The zero-order valence-corrected chi connectivity index (χ0v) is 7.80. The van der Waals surface area contributed by atoms with Gasteiger partial charge in [-0.15, -0.1) is 0 Å². The van der Waals surface area contributed by atoms with Crippen molar-refractivity contribution in [2.75, 3.05) is 18.2 Å². The number of aliphatic hydroxyl groups is 1. The van der Waals surface area contributed by atoms with Crippen molar-refractivity contribution in [2.24, 2.45) is 0 Å². The number of hydrogen-bond donors (Lipinski definition) is 2. The molecule has 2 aromatic rings. The van der Waals surface area contributed by atoms with Crippen LogP contribution in [0.25, 0.3) is 11.2 Å². The average molecular weight is 193 g/mol. The Morgan fingerprint density at radius 1 is 1.43 bits per heavy atom. The lowest BCUT2D eigenvalue weighted by Crippen LogP contribution is -2.24. The maximum Gasteiger partial charge on any atom is 0.182 e. The minimum atomic E-state index is -0.0678. The first-order valence-electron chi connectivity index (χ1n) is 4.36. The lowest BCUT2D eigenvalue weighted by atomic mass is 10.4. The predicted octanol–water partition coefficient (Wildman–Crippen LogP) is 0.129. The third-order valence-electron chi connectivity index (χ3n) is 2.05. The van der Waals surface area contributed by atoms with E-state index in [1.807, 2.05) is 6.92 Å². The van der Waals surface area contributed by atoms with Gasteiger partial charge < -0.3 is 15.0 Å². The van der Waals surface area contributed by atoms with Gasteiger partial charge in [0.1, 0.15) is 18.6 Å². The molecule has 0 aliphatic rings. The number of hydrogen-bond acceptors (Lipinski definition) is 5. The van der Waals surface area contributed by atoms with E-state index in [9.17, 15) is 0 Å². The molecular weight excluding hydrogens is 182 g/mol. The van der Waals surface area contributed by atoms with Crippen LogP contribution in [0.4, 0.5) is 5.82 Å². The summed E-state index contributed by atoms with van der Waals surface area (Å²) in [7, 11) is 0. The SMILES string of the molecule is CCN(CO)c1ncnc2nc[nH]c12. The molecule has 0 unspecified atom stereocenters. The fourth-order valence-corrected chi connectivity index (χ4v) is 1.31. The topological polar surface area (TPSA) is 77.9 Å².